The average molecular weight is 625 g/mol. The molecule has 14 nitrogen and oxygen atoms in total. The Morgan fingerprint density at radius 3 is 2.34 bits per heavy atom. The highest BCUT2D eigenvalue weighted by molar-refractivity contribution is 7.84. The lowest BCUT2D eigenvalue weighted by Crippen LogP contribution is -2.49. The molecule has 1 aromatic carbocycles. The summed E-state index contributed by atoms with van der Waals surface area (Å²) in [5, 5.41) is 45.8. The molecule has 0 radical (unpaired) electrons. The Hall–Kier alpha value is -1.60. The van der Waals surface area contributed by atoms with Crippen LogP contribution < -0.4 is 19.2 Å². The third-order valence-electron chi connectivity index (χ3n) is 9.11. The Kier molecular flexibility index (Phi) is 9.60. The zero-order valence-electron chi connectivity index (χ0n) is 23.0. The summed E-state index contributed by atoms with van der Waals surface area (Å²) < 4.78 is 66.1. The highest BCUT2D eigenvalue weighted by Crippen LogP contribution is 2.62. The van der Waals surface area contributed by atoms with E-state index in [1.165, 1.54) is 7.11 Å². The van der Waals surface area contributed by atoms with E-state index in [2.05, 4.69) is 6.92 Å². The molecule has 2 saturated carbocycles. The molecule has 4 aliphatic rings. The second-order valence-electron chi connectivity index (χ2n) is 11.5. The first kappa shape index (κ1) is 32.3. The highest BCUT2D eigenvalue weighted by Gasteiger charge is 2.56. The maximum Gasteiger partial charge on any atom is 0.380 e. The molecule has 3 fully saturated rings. The number of aryl methyl sites for hydroxylation is 1. The van der Waals surface area contributed by atoms with Crippen LogP contribution in [0.1, 0.15) is 62.5 Å². The number of rotatable bonds is 6. The SMILES string of the molecule is COc1cc2c(cc1OS(N)(=O)=O)CC[C@@H]1[C@@H]2CC[C@]2(C)[C@@H](OS(N)(=O)=O)CC[C@@H]12.OC[C@H]1OC(O)C[C@@H](O)[C@@H]1O. The van der Waals surface area contributed by atoms with Crippen LogP contribution in [-0.4, -0.2) is 81.7 Å². The summed E-state index contributed by atoms with van der Waals surface area (Å²) in [6, 6.07) is 3.58. The van der Waals surface area contributed by atoms with Crippen LogP contribution in [0, 0.1) is 17.3 Å². The standard InChI is InChI=1S/C19H28N2O7S2.C6H12O5/c1-19-8-7-12-13(15(19)5-6-18(19)28-30(21,24)25)4-3-11-9-17(27-29(20,22)23)16(26-2)10-14(11)12;7-2-4-6(10)3(8)1-5(9)11-4/h9-10,12-13,15,18H,3-8H2,1-2H3,(H2,20,22,23)(H2,21,24,25);3-10H,1-2H2/t12-,13+,15-,18-,19-;3-,4-,5?,6+/m01/s1. The van der Waals surface area contributed by atoms with Gasteiger partial charge in [-0.15, -0.1) is 0 Å². The lowest BCUT2D eigenvalue weighted by molar-refractivity contribution is -0.239. The average Bonchev–Trinajstić information content (AvgIpc) is 3.19. The van der Waals surface area contributed by atoms with Crippen molar-refractivity contribution in [2.75, 3.05) is 13.7 Å². The van der Waals surface area contributed by atoms with E-state index < -0.39 is 51.8 Å². The Morgan fingerprint density at radius 1 is 1.02 bits per heavy atom. The van der Waals surface area contributed by atoms with Crippen LogP contribution in [0.25, 0.3) is 0 Å². The molecule has 1 unspecified atom stereocenters. The predicted octanol–water partition coefficient (Wildman–Crippen LogP) is -0.470. The van der Waals surface area contributed by atoms with E-state index in [0.717, 1.165) is 43.2 Å². The fraction of sp³-hybridized carbons (Fsp3) is 0.760. The van der Waals surface area contributed by atoms with Crippen molar-refractivity contribution in [1.82, 2.24) is 0 Å². The molecule has 1 aliphatic heterocycles. The van der Waals surface area contributed by atoms with Gasteiger partial charge in [0.15, 0.2) is 17.8 Å². The fourth-order valence-corrected chi connectivity index (χ4v) is 8.30. The zero-order valence-corrected chi connectivity index (χ0v) is 24.6. The van der Waals surface area contributed by atoms with Crippen molar-refractivity contribution in [2.24, 2.45) is 27.5 Å². The third-order valence-corrected chi connectivity index (χ3v) is 10.0. The van der Waals surface area contributed by atoms with E-state index >= 15 is 0 Å². The first-order valence-electron chi connectivity index (χ1n) is 13.5. The van der Waals surface area contributed by atoms with Crippen LogP contribution in [0.2, 0.25) is 0 Å². The van der Waals surface area contributed by atoms with Gasteiger partial charge in [-0.2, -0.15) is 22.0 Å². The monoisotopic (exact) mass is 624 g/mol. The molecule has 41 heavy (non-hydrogen) atoms. The summed E-state index contributed by atoms with van der Waals surface area (Å²) in [5.74, 6) is 1.44. The Morgan fingerprint density at radius 2 is 1.73 bits per heavy atom. The van der Waals surface area contributed by atoms with Crippen LogP contribution >= 0.6 is 0 Å². The molecule has 16 heteroatoms. The van der Waals surface area contributed by atoms with Crippen molar-refractivity contribution < 1.29 is 55.1 Å². The van der Waals surface area contributed by atoms with E-state index in [-0.39, 0.29) is 29.6 Å². The van der Waals surface area contributed by atoms with Crippen molar-refractivity contribution in [3.05, 3.63) is 23.3 Å². The molecule has 5 rings (SSSR count). The number of fused-ring (bicyclic) bond motifs is 5. The van der Waals surface area contributed by atoms with Crippen molar-refractivity contribution in [3.8, 4) is 11.5 Å². The van der Waals surface area contributed by atoms with Gasteiger partial charge in [0, 0.05) is 6.42 Å². The fourth-order valence-electron chi connectivity index (χ4n) is 7.28. The highest BCUT2D eigenvalue weighted by atomic mass is 32.2. The Balaban J connectivity index is 0.000000296. The molecule has 234 valence electrons. The van der Waals surface area contributed by atoms with Gasteiger partial charge in [0.05, 0.1) is 25.9 Å². The number of methoxy groups -OCH3 is 1. The number of aliphatic hydroxyl groups excluding tert-OH is 4. The molecular weight excluding hydrogens is 584 g/mol. The second kappa shape index (κ2) is 12.2. The molecule has 0 bridgehead atoms. The van der Waals surface area contributed by atoms with Gasteiger partial charge in [-0.25, -0.2) is 5.14 Å². The molecule has 1 saturated heterocycles. The maximum atomic E-state index is 11.5. The molecule has 8 N–H and O–H groups in total. The zero-order chi connectivity index (χ0) is 30.3. The van der Waals surface area contributed by atoms with Gasteiger partial charge in [0.25, 0.3) is 0 Å². The summed E-state index contributed by atoms with van der Waals surface area (Å²) in [4.78, 5) is 0. The molecule has 0 spiro atoms. The van der Waals surface area contributed by atoms with Gasteiger partial charge in [-0.05, 0) is 85.0 Å². The van der Waals surface area contributed by atoms with Crippen LogP contribution in [0.4, 0.5) is 0 Å². The molecule has 0 amide bonds. The topological polar surface area (TPSA) is 238 Å². The van der Waals surface area contributed by atoms with Gasteiger partial charge in [0.1, 0.15) is 12.2 Å². The summed E-state index contributed by atoms with van der Waals surface area (Å²) in [6.07, 6.45) is 0.491. The molecule has 0 aromatic heterocycles. The maximum absolute atomic E-state index is 11.5. The number of aliphatic hydroxyl groups is 4. The minimum absolute atomic E-state index is 0.0162. The van der Waals surface area contributed by atoms with E-state index in [4.69, 9.17) is 48.5 Å². The van der Waals surface area contributed by atoms with Gasteiger partial charge in [0.2, 0.25) is 0 Å². The van der Waals surface area contributed by atoms with Crippen LogP contribution in [0.15, 0.2) is 12.1 Å². The van der Waals surface area contributed by atoms with E-state index in [1.54, 1.807) is 6.07 Å². The summed E-state index contributed by atoms with van der Waals surface area (Å²) in [6.45, 7) is 1.71. The van der Waals surface area contributed by atoms with Crippen molar-refractivity contribution in [1.29, 1.82) is 0 Å². The van der Waals surface area contributed by atoms with Crippen LogP contribution in [0.5, 0.6) is 11.5 Å². The number of hydrogen-bond acceptors (Lipinski definition) is 12. The lowest BCUT2D eigenvalue weighted by Gasteiger charge is -2.50. The van der Waals surface area contributed by atoms with Gasteiger partial charge in [-0.1, -0.05) is 6.92 Å². The van der Waals surface area contributed by atoms with E-state index in [1.807, 2.05) is 6.07 Å². The summed E-state index contributed by atoms with van der Waals surface area (Å²) in [5.41, 5.74) is 1.95. The van der Waals surface area contributed by atoms with Gasteiger partial charge < -0.3 is 34.1 Å². The quantitative estimate of drug-likeness (QED) is 0.236. The smallest absolute Gasteiger partial charge is 0.380 e. The van der Waals surface area contributed by atoms with Crippen molar-refractivity contribution in [2.45, 2.75) is 88.5 Å². The first-order valence-corrected chi connectivity index (χ1v) is 16.4. The van der Waals surface area contributed by atoms with E-state index in [0.29, 0.717) is 24.0 Å². The Bertz CT molecular complexity index is 1310. The summed E-state index contributed by atoms with van der Waals surface area (Å²) >= 11 is 0. The van der Waals surface area contributed by atoms with Crippen molar-refractivity contribution in [3.63, 3.8) is 0 Å². The lowest BCUT2D eigenvalue weighted by atomic mass is 9.55. The minimum atomic E-state index is -4.15. The number of ether oxygens (including phenoxy) is 2. The normalized spacial score (nSPS) is 36.7. The molecule has 9 atom stereocenters. The third kappa shape index (κ3) is 7.14. The molecule has 1 aromatic rings. The minimum Gasteiger partial charge on any atom is -0.493 e. The van der Waals surface area contributed by atoms with Crippen LogP contribution in [-0.2, 0) is 35.9 Å². The summed E-state index contributed by atoms with van der Waals surface area (Å²) in [7, 11) is -6.69. The predicted molar refractivity (Wildman–Crippen MR) is 144 cm³/mol. The molecule has 3 aliphatic carbocycles. The van der Waals surface area contributed by atoms with Gasteiger partial charge >= 0.3 is 20.6 Å². The Labute approximate surface area is 240 Å². The first-order chi connectivity index (χ1) is 19.1. The largest absolute Gasteiger partial charge is 0.493 e. The van der Waals surface area contributed by atoms with Crippen LogP contribution in [0.3, 0.4) is 0 Å². The van der Waals surface area contributed by atoms with E-state index in [9.17, 15) is 16.8 Å². The number of nitrogens with two attached hydrogens (primary N) is 2. The second-order valence-corrected chi connectivity index (χ2v) is 13.8. The molecular formula is C25H40N2O12S2. The molecule has 1 heterocycles. The number of hydrogen-bond donors (Lipinski definition) is 6. The number of benzene rings is 1. The van der Waals surface area contributed by atoms with Gasteiger partial charge in [-0.3, -0.25) is 4.18 Å². The van der Waals surface area contributed by atoms with Crippen molar-refractivity contribution >= 4 is 20.6 Å².